The minimum Gasteiger partial charge on any atom is -0.488 e. The maximum Gasteiger partial charge on any atom is 0.240 e. The molecule has 2 rings (SSSR count). The Morgan fingerprint density at radius 2 is 2.16 bits per heavy atom. The molecular formula is C13H20N2O3S. The summed E-state index contributed by atoms with van der Waals surface area (Å²) in [6.45, 7) is 4.47. The Labute approximate surface area is 114 Å². The van der Waals surface area contributed by atoms with Crippen LogP contribution in [0.3, 0.4) is 0 Å². The second-order valence-corrected chi connectivity index (χ2v) is 6.93. The van der Waals surface area contributed by atoms with Crippen LogP contribution in [0.4, 0.5) is 0 Å². The van der Waals surface area contributed by atoms with E-state index in [-0.39, 0.29) is 12.0 Å². The molecule has 1 atom stereocenters. The summed E-state index contributed by atoms with van der Waals surface area (Å²) in [5.74, 6) is 0.998. The summed E-state index contributed by atoms with van der Waals surface area (Å²) < 4.78 is 32.1. The molecule has 0 amide bonds. The average molecular weight is 284 g/mol. The number of nitrogens with one attached hydrogen (secondary N) is 1. The molecule has 3 N–H and O–H groups in total. The van der Waals surface area contributed by atoms with Gasteiger partial charge < -0.3 is 10.5 Å². The van der Waals surface area contributed by atoms with Crippen molar-refractivity contribution in [2.24, 2.45) is 5.73 Å². The Morgan fingerprint density at radius 3 is 2.68 bits per heavy atom. The van der Waals surface area contributed by atoms with Crippen molar-refractivity contribution in [3.63, 3.8) is 0 Å². The quantitative estimate of drug-likeness (QED) is 0.863. The van der Waals surface area contributed by atoms with E-state index in [1.807, 2.05) is 13.8 Å². The van der Waals surface area contributed by atoms with Gasteiger partial charge in [0.15, 0.2) is 0 Å². The van der Waals surface area contributed by atoms with Crippen LogP contribution in [0.15, 0.2) is 17.0 Å². The highest BCUT2D eigenvalue weighted by molar-refractivity contribution is 7.89. The van der Waals surface area contributed by atoms with Crippen LogP contribution < -0.4 is 15.2 Å². The summed E-state index contributed by atoms with van der Waals surface area (Å²) in [7, 11) is -2.02. The second-order valence-electron chi connectivity index (χ2n) is 5.04. The van der Waals surface area contributed by atoms with Gasteiger partial charge in [-0.15, -0.1) is 0 Å². The molecule has 0 aliphatic carbocycles. The maximum absolute atomic E-state index is 12.0. The van der Waals surface area contributed by atoms with Gasteiger partial charge in [0.25, 0.3) is 0 Å². The summed E-state index contributed by atoms with van der Waals surface area (Å²) in [6.07, 6.45) is 0.610. The molecule has 0 radical (unpaired) electrons. The summed E-state index contributed by atoms with van der Waals surface area (Å²) in [4.78, 5) is 0.290. The van der Waals surface area contributed by atoms with Gasteiger partial charge in [-0.2, -0.15) is 0 Å². The van der Waals surface area contributed by atoms with Crippen molar-refractivity contribution in [1.29, 1.82) is 0 Å². The van der Waals surface area contributed by atoms with Gasteiger partial charge in [0.05, 0.1) is 4.90 Å². The van der Waals surface area contributed by atoms with Gasteiger partial charge >= 0.3 is 0 Å². The predicted octanol–water partition coefficient (Wildman–Crippen LogP) is 0.980. The molecule has 1 aromatic rings. The molecule has 1 unspecified atom stereocenters. The fourth-order valence-electron chi connectivity index (χ4n) is 2.27. The van der Waals surface area contributed by atoms with Gasteiger partial charge in [0, 0.05) is 13.0 Å². The monoisotopic (exact) mass is 284 g/mol. The first kappa shape index (κ1) is 14.3. The number of hydrogen-bond donors (Lipinski definition) is 2. The average Bonchev–Trinajstić information content (AvgIpc) is 2.79. The molecule has 0 saturated carbocycles. The van der Waals surface area contributed by atoms with E-state index < -0.39 is 10.0 Å². The second kappa shape index (κ2) is 5.11. The standard InChI is InChI=1S/C13H20N2O3S/c1-8(2)12-6-11(19(16,17)15-3)5-9-4-10(7-14)18-13(9)12/h5-6,8,10,15H,4,7,14H2,1-3H3. The van der Waals surface area contributed by atoms with E-state index in [9.17, 15) is 8.42 Å². The number of fused-ring (bicyclic) bond motifs is 1. The summed E-state index contributed by atoms with van der Waals surface area (Å²) >= 11 is 0. The van der Waals surface area contributed by atoms with Gasteiger partial charge in [-0.3, -0.25) is 0 Å². The fraction of sp³-hybridized carbons (Fsp3) is 0.538. The molecule has 0 spiro atoms. The maximum atomic E-state index is 12.0. The number of ether oxygens (including phenoxy) is 1. The van der Waals surface area contributed by atoms with E-state index in [0.717, 1.165) is 16.9 Å². The van der Waals surface area contributed by atoms with Crippen LogP contribution in [0.2, 0.25) is 0 Å². The van der Waals surface area contributed by atoms with E-state index in [1.54, 1.807) is 12.1 Å². The molecule has 106 valence electrons. The normalized spacial score (nSPS) is 18.5. The van der Waals surface area contributed by atoms with Crippen LogP contribution in [0.5, 0.6) is 5.75 Å². The lowest BCUT2D eigenvalue weighted by atomic mass is 9.98. The van der Waals surface area contributed by atoms with Crippen LogP contribution in [0, 0.1) is 0 Å². The Morgan fingerprint density at radius 1 is 1.47 bits per heavy atom. The molecule has 1 heterocycles. The van der Waals surface area contributed by atoms with E-state index in [0.29, 0.717) is 17.9 Å². The minimum absolute atomic E-state index is 0.0555. The summed E-state index contributed by atoms with van der Waals surface area (Å²) in [5, 5.41) is 0. The third-order valence-corrected chi connectivity index (χ3v) is 4.76. The number of benzene rings is 1. The summed E-state index contributed by atoms with van der Waals surface area (Å²) in [6, 6.07) is 3.37. The lowest BCUT2D eigenvalue weighted by Crippen LogP contribution is -2.24. The van der Waals surface area contributed by atoms with E-state index >= 15 is 0 Å². The highest BCUT2D eigenvalue weighted by Gasteiger charge is 2.28. The molecule has 0 saturated heterocycles. The van der Waals surface area contributed by atoms with Crippen molar-refractivity contribution >= 4 is 10.0 Å². The molecule has 0 bridgehead atoms. The molecule has 5 nitrogen and oxygen atoms in total. The highest BCUT2D eigenvalue weighted by atomic mass is 32.2. The zero-order valence-corrected chi connectivity index (χ0v) is 12.3. The van der Waals surface area contributed by atoms with E-state index in [1.165, 1.54) is 7.05 Å². The van der Waals surface area contributed by atoms with Crippen molar-refractivity contribution < 1.29 is 13.2 Å². The first-order valence-corrected chi connectivity index (χ1v) is 7.84. The summed E-state index contributed by atoms with van der Waals surface area (Å²) in [5.41, 5.74) is 7.48. The van der Waals surface area contributed by atoms with Crippen LogP contribution in [0.25, 0.3) is 0 Å². The van der Waals surface area contributed by atoms with Crippen LogP contribution in [0.1, 0.15) is 30.9 Å². The topological polar surface area (TPSA) is 81.4 Å². The molecular weight excluding hydrogens is 264 g/mol. The SMILES string of the molecule is CNS(=O)(=O)c1cc2c(c(C(C)C)c1)OC(CN)C2. The molecule has 19 heavy (non-hydrogen) atoms. The van der Waals surface area contributed by atoms with Gasteiger partial charge in [-0.25, -0.2) is 13.1 Å². The Kier molecular flexibility index (Phi) is 3.85. The lowest BCUT2D eigenvalue weighted by molar-refractivity contribution is 0.239. The van der Waals surface area contributed by atoms with Crippen LogP contribution in [-0.4, -0.2) is 28.1 Å². The first-order valence-electron chi connectivity index (χ1n) is 6.36. The van der Waals surface area contributed by atoms with Crippen molar-refractivity contribution in [1.82, 2.24) is 4.72 Å². The Hall–Kier alpha value is -1.11. The lowest BCUT2D eigenvalue weighted by Gasteiger charge is -2.15. The van der Waals surface area contributed by atoms with Crippen LogP contribution >= 0.6 is 0 Å². The minimum atomic E-state index is -3.44. The Bertz CT molecular complexity index is 582. The van der Waals surface area contributed by atoms with Gasteiger partial charge in [-0.1, -0.05) is 13.8 Å². The van der Waals surface area contributed by atoms with Gasteiger partial charge in [-0.05, 0) is 36.2 Å². The predicted molar refractivity (Wildman–Crippen MR) is 74.0 cm³/mol. The number of nitrogens with two attached hydrogens (primary N) is 1. The number of rotatable bonds is 4. The third kappa shape index (κ3) is 2.61. The van der Waals surface area contributed by atoms with Crippen molar-refractivity contribution in [3.8, 4) is 5.75 Å². The fourth-order valence-corrected chi connectivity index (χ4v) is 3.08. The smallest absolute Gasteiger partial charge is 0.240 e. The zero-order chi connectivity index (χ0) is 14.2. The van der Waals surface area contributed by atoms with Crippen LogP contribution in [-0.2, 0) is 16.4 Å². The number of sulfonamides is 1. The van der Waals surface area contributed by atoms with Crippen molar-refractivity contribution in [3.05, 3.63) is 23.3 Å². The van der Waals surface area contributed by atoms with E-state index in [2.05, 4.69) is 4.72 Å². The van der Waals surface area contributed by atoms with E-state index in [4.69, 9.17) is 10.5 Å². The third-order valence-electron chi connectivity index (χ3n) is 3.36. The van der Waals surface area contributed by atoms with Gasteiger partial charge in [0.1, 0.15) is 11.9 Å². The van der Waals surface area contributed by atoms with Crippen molar-refractivity contribution in [2.75, 3.05) is 13.6 Å². The number of hydrogen-bond acceptors (Lipinski definition) is 4. The molecule has 0 aromatic heterocycles. The zero-order valence-electron chi connectivity index (χ0n) is 11.4. The highest BCUT2D eigenvalue weighted by Crippen LogP contribution is 2.38. The Balaban J connectivity index is 2.57. The molecule has 1 aromatic carbocycles. The molecule has 6 heteroatoms. The molecule has 1 aliphatic rings. The first-order chi connectivity index (χ1) is 8.89. The van der Waals surface area contributed by atoms with Gasteiger partial charge in [0.2, 0.25) is 10.0 Å². The largest absolute Gasteiger partial charge is 0.488 e. The van der Waals surface area contributed by atoms with Crippen molar-refractivity contribution in [2.45, 2.75) is 37.2 Å². The molecule has 0 fully saturated rings. The molecule has 1 aliphatic heterocycles.